The van der Waals surface area contributed by atoms with Gasteiger partial charge >= 0.3 is 5.97 Å². The number of ether oxygens (including phenoxy) is 2. The Bertz CT molecular complexity index is 968. The molecule has 6 nitrogen and oxygen atoms in total. The van der Waals surface area contributed by atoms with Crippen molar-refractivity contribution in [1.82, 2.24) is 4.98 Å². The summed E-state index contributed by atoms with van der Waals surface area (Å²) >= 11 is 1.31. The van der Waals surface area contributed by atoms with E-state index >= 15 is 0 Å². The van der Waals surface area contributed by atoms with Crippen molar-refractivity contribution in [3.05, 3.63) is 65.5 Å². The van der Waals surface area contributed by atoms with E-state index in [1.54, 1.807) is 24.3 Å². The van der Waals surface area contributed by atoms with E-state index in [9.17, 15) is 9.59 Å². The molecular formula is C22H22N2O4S. The normalized spacial score (nSPS) is 11.7. The Morgan fingerprint density at radius 2 is 1.69 bits per heavy atom. The summed E-state index contributed by atoms with van der Waals surface area (Å²) in [6.07, 6.45) is -0.914. The molecule has 1 amide bonds. The van der Waals surface area contributed by atoms with Crippen LogP contribution in [0.4, 0.5) is 5.13 Å². The second-order valence-electron chi connectivity index (χ2n) is 6.63. The zero-order chi connectivity index (χ0) is 20.8. The van der Waals surface area contributed by atoms with Crippen LogP contribution in [0, 0.1) is 0 Å². The quantitative estimate of drug-likeness (QED) is 0.567. The summed E-state index contributed by atoms with van der Waals surface area (Å²) in [6.45, 7) is 5.37. The smallest absolute Gasteiger partial charge is 0.338 e. The lowest BCUT2D eigenvalue weighted by Gasteiger charge is -2.13. The van der Waals surface area contributed by atoms with E-state index in [2.05, 4.69) is 10.3 Å². The molecule has 0 aliphatic carbocycles. The van der Waals surface area contributed by atoms with Crippen molar-refractivity contribution >= 4 is 28.3 Å². The average molecular weight is 410 g/mol. The van der Waals surface area contributed by atoms with Gasteiger partial charge in [0.05, 0.1) is 17.4 Å². The van der Waals surface area contributed by atoms with Gasteiger partial charge in [0, 0.05) is 10.9 Å². The first kappa shape index (κ1) is 20.5. The standard InChI is InChI=1S/C22H22N2O4S/c1-14(2)27-18-11-9-17(10-12-18)21(26)28-15(3)20(25)24-22-23-19(13-29-22)16-7-5-4-6-8-16/h4-15H,1-3H3,(H,23,24,25). The third-order valence-corrected chi connectivity index (χ3v) is 4.68. The van der Waals surface area contributed by atoms with Crippen molar-refractivity contribution in [1.29, 1.82) is 0 Å². The summed E-state index contributed by atoms with van der Waals surface area (Å²) in [4.78, 5) is 29.0. The van der Waals surface area contributed by atoms with E-state index in [0.717, 1.165) is 11.3 Å². The molecule has 0 fully saturated rings. The first-order valence-electron chi connectivity index (χ1n) is 9.22. The molecule has 1 atom stereocenters. The van der Waals surface area contributed by atoms with E-state index in [0.29, 0.717) is 16.4 Å². The number of rotatable bonds is 7. The molecule has 3 rings (SSSR count). The molecule has 150 valence electrons. The molecule has 3 aromatic rings. The van der Waals surface area contributed by atoms with Crippen LogP contribution >= 0.6 is 11.3 Å². The number of nitrogens with one attached hydrogen (secondary N) is 1. The fraction of sp³-hybridized carbons (Fsp3) is 0.227. The van der Waals surface area contributed by atoms with Gasteiger partial charge in [-0.15, -0.1) is 11.3 Å². The Hall–Kier alpha value is -3.19. The Morgan fingerprint density at radius 1 is 1.00 bits per heavy atom. The highest BCUT2D eigenvalue weighted by Gasteiger charge is 2.20. The van der Waals surface area contributed by atoms with Crippen LogP contribution in [-0.2, 0) is 9.53 Å². The zero-order valence-electron chi connectivity index (χ0n) is 16.4. The summed E-state index contributed by atoms with van der Waals surface area (Å²) in [5.41, 5.74) is 2.09. The van der Waals surface area contributed by atoms with E-state index in [1.165, 1.54) is 18.3 Å². The van der Waals surface area contributed by atoms with E-state index in [1.807, 2.05) is 49.6 Å². The molecule has 1 unspecified atom stereocenters. The van der Waals surface area contributed by atoms with Crippen molar-refractivity contribution in [2.45, 2.75) is 33.0 Å². The second kappa shape index (κ2) is 9.34. The Kier molecular flexibility index (Phi) is 6.61. The van der Waals surface area contributed by atoms with Crippen LogP contribution in [0.1, 0.15) is 31.1 Å². The predicted octanol–water partition coefficient (Wildman–Crippen LogP) is 4.78. The molecule has 0 bridgehead atoms. The van der Waals surface area contributed by atoms with Crippen LogP contribution in [0.25, 0.3) is 11.3 Å². The molecule has 29 heavy (non-hydrogen) atoms. The molecule has 1 N–H and O–H groups in total. The average Bonchev–Trinajstić information content (AvgIpc) is 3.17. The van der Waals surface area contributed by atoms with Gasteiger partial charge in [0.25, 0.3) is 5.91 Å². The fourth-order valence-electron chi connectivity index (χ4n) is 2.50. The second-order valence-corrected chi connectivity index (χ2v) is 7.49. The van der Waals surface area contributed by atoms with Gasteiger partial charge in [-0.05, 0) is 45.0 Å². The first-order valence-corrected chi connectivity index (χ1v) is 10.1. The molecule has 0 aliphatic rings. The molecule has 1 aromatic heterocycles. The first-order chi connectivity index (χ1) is 13.9. The van der Waals surface area contributed by atoms with Gasteiger partial charge in [-0.25, -0.2) is 9.78 Å². The van der Waals surface area contributed by atoms with Gasteiger partial charge in [-0.2, -0.15) is 0 Å². The van der Waals surface area contributed by atoms with Crippen molar-refractivity contribution in [2.75, 3.05) is 5.32 Å². The third kappa shape index (κ3) is 5.65. The van der Waals surface area contributed by atoms with Crippen molar-refractivity contribution < 1.29 is 19.1 Å². The lowest BCUT2D eigenvalue weighted by molar-refractivity contribution is -0.123. The summed E-state index contributed by atoms with van der Waals surface area (Å²) in [5, 5.41) is 5.00. The number of nitrogens with zero attached hydrogens (tertiary/aromatic N) is 1. The largest absolute Gasteiger partial charge is 0.491 e. The van der Waals surface area contributed by atoms with E-state index in [4.69, 9.17) is 9.47 Å². The molecular weight excluding hydrogens is 388 g/mol. The summed E-state index contributed by atoms with van der Waals surface area (Å²) in [6, 6.07) is 16.3. The van der Waals surface area contributed by atoms with Crippen LogP contribution in [0.15, 0.2) is 60.0 Å². The molecule has 0 saturated heterocycles. The lowest BCUT2D eigenvalue weighted by atomic mass is 10.2. The number of amides is 1. The molecule has 1 heterocycles. The number of esters is 1. The van der Waals surface area contributed by atoms with Gasteiger partial charge < -0.3 is 9.47 Å². The summed E-state index contributed by atoms with van der Waals surface area (Å²) < 4.78 is 10.8. The maximum Gasteiger partial charge on any atom is 0.338 e. The number of aromatic nitrogens is 1. The number of thiazole rings is 1. The SMILES string of the molecule is CC(C)Oc1ccc(C(=O)OC(C)C(=O)Nc2nc(-c3ccccc3)cs2)cc1. The molecule has 2 aromatic carbocycles. The monoisotopic (exact) mass is 410 g/mol. The van der Waals surface area contributed by atoms with Gasteiger partial charge in [-0.3, -0.25) is 10.1 Å². The van der Waals surface area contributed by atoms with Crippen molar-refractivity contribution in [2.24, 2.45) is 0 Å². The molecule has 0 aliphatic heterocycles. The summed E-state index contributed by atoms with van der Waals surface area (Å²) in [5.74, 6) is -0.347. The topological polar surface area (TPSA) is 77.5 Å². The van der Waals surface area contributed by atoms with Crippen molar-refractivity contribution in [3.63, 3.8) is 0 Å². The molecule has 7 heteroatoms. The number of hydrogen-bond acceptors (Lipinski definition) is 6. The van der Waals surface area contributed by atoms with Gasteiger partial charge in [0.2, 0.25) is 0 Å². The zero-order valence-corrected chi connectivity index (χ0v) is 17.2. The van der Waals surface area contributed by atoms with Crippen molar-refractivity contribution in [3.8, 4) is 17.0 Å². The minimum Gasteiger partial charge on any atom is -0.491 e. The minimum absolute atomic E-state index is 0.0461. The van der Waals surface area contributed by atoms with Crippen LogP contribution in [-0.4, -0.2) is 29.1 Å². The fourth-order valence-corrected chi connectivity index (χ4v) is 3.23. The van der Waals surface area contributed by atoms with Gasteiger partial charge in [0.1, 0.15) is 5.75 Å². The Balaban J connectivity index is 1.56. The predicted molar refractivity (Wildman–Crippen MR) is 113 cm³/mol. The minimum atomic E-state index is -0.960. The highest BCUT2D eigenvalue weighted by molar-refractivity contribution is 7.14. The highest BCUT2D eigenvalue weighted by Crippen LogP contribution is 2.24. The number of hydrogen-bond donors (Lipinski definition) is 1. The summed E-state index contributed by atoms with van der Waals surface area (Å²) in [7, 11) is 0. The number of anilines is 1. The third-order valence-electron chi connectivity index (χ3n) is 3.92. The Labute approximate surface area is 173 Å². The van der Waals surface area contributed by atoms with Gasteiger partial charge in [0.15, 0.2) is 11.2 Å². The lowest BCUT2D eigenvalue weighted by Crippen LogP contribution is -2.29. The maximum atomic E-state index is 12.4. The maximum absolute atomic E-state index is 12.4. The number of benzene rings is 2. The van der Waals surface area contributed by atoms with Crippen LogP contribution < -0.4 is 10.1 Å². The van der Waals surface area contributed by atoms with Crippen LogP contribution in [0.3, 0.4) is 0 Å². The van der Waals surface area contributed by atoms with Crippen LogP contribution in [0.2, 0.25) is 0 Å². The molecule has 0 spiro atoms. The molecule has 0 radical (unpaired) electrons. The Morgan fingerprint density at radius 3 is 2.34 bits per heavy atom. The van der Waals surface area contributed by atoms with Gasteiger partial charge in [-0.1, -0.05) is 30.3 Å². The molecule has 0 saturated carbocycles. The van der Waals surface area contributed by atoms with E-state index < -0.39 is 18.0 Å². The highest BCUT2D eigenvalue weighted by atomic mass is 32.1. The van der Waals surface area contributed by atoms with Crippen LogP contribution in [0.5, 0.6) is 5.75 Å². The number of carbonyl (C=O) groups is 2. The number of carbonyl (C=O) groups excluding carboxylic acids is 2. The van der Waals surface area contributed by atoms with E-state index in [-0.39, 0.29) is 6.10 Å².